The maximum atomic E-state index is 10.4. The zero-order valence-corrected chi connectivity index (χ0v) is 23.9. The number of likely N-dealkylation sites (tertiary alicyclic amines) is 1. The lowest BCUT2D eigenvalue weighted by molar-refractivity contribution is 0.00424. The Morgan fingerprint density at radius 2 is 1.89 bits per heavy atom. The van der Waals surface area contributed by atoms with Gasteiger partial charge in [-0.25, -0.2) is 9.10 Å². The zero-order chi connectivity index (χ0) is 27.0. The van der Waals surface area contributed by atoms with Gasteiger partial charge in [-0.2, -0.15) is 0 Å². The number of nitrogens with zero attached hydrogens (tertiary/aromatic N) is 2. The number of carbonyl (C=O) groups is 1. The van der Waals surface area contributed by atoms with Crippen LogP contribution in [0.15, 0.2) is 42.6 Å². The van der Waals surface area contributed by atoms with Gasteiger partial charge < -0.3 is 20.1 Å². The number of hydrogen-bond donors (Lipinski definition) is 3. The number of H-pyrrole nitrogens is 1. The molecule has 3 aromatic rings. The first-order valence-corrected chi connectivity index (χ1v) is 14.2. The second-order valence-corrected chi connectivity index (χ2v) is 10.4. The molecule has 0 bridgehead atoms. The average Bonchev–Trinajstić information content (AvgIpc) is 3.42. The van der Waals surface area contributed by atoms with E-state index in [-0.39, 0.29) is 0 Å². The van der Waals surface area contributed by atoms with Crippen LogP contribution in [-0.4, -0.2) is 71.9 Å². The van der Waals surface area contributed by atoms with Gasteiger partial charge in [0.1, 0.15) is 5.75 Å². The highest BCUT2D eigenvalue weighted by Gasteiger charge is 2.44. The van der Waals surface area contributed by atoms with Gasteiger partial charge in [0.2, 0.25) is 0 Å². The Bertz CT molecular complexity index is 1160. The summed E-state index contributed by atoms with van der Waals surface area (Å²) in [7, 11) is 3.54. The molecule has 2 aliphatic heterocycles. The number of nitrogens with one attached hydrogen (secondary N) is 2. The van der Waals surface area contributed by atoms with Gasteiger partial charge in [-0.1, -0.05) is 31.9 Å². The second-order valence-electron chi connectivity index (χ2n) is 9.53. The fraction of sp³-hybridized carbons (Fsp3) is 0.483. The topological polar surface area (TPSA) is 80.8 Å². The van der Waals surface area contributed by atoms with Crippen molar-refractivity contribution >= 4 is 34.5 Å². The summed E-state index contributed by atoms with van der Waals surface area (Å²) in [4.78, 5) is 16.4. The van der Waals surface area contributed by atoms with Crippen molar-refractivity contribution in [3.05, 3.63) is 59.3 Å². The molecule has 3 heterocycles. The molecule has 0 aliphatic carbocycles. The van der Waals surface area contributed by atoms with Crippen LogP contribution in [0, 0.1) is 12.3 Å². The Morgan fingerprint density at radius 1 is 1.19 bits per heavy atom. The normalized spacial score (nSPS) is 16.7. The number of benzene rings is 2. The Balaban J connectivity index is 0.000000247. The molecule has 2 aromatic carbocycles. The highest BCUT2D eigenvalue weighted by Crippen LogP contribution is 2.43. The fourth-order valence-electron chi connectivity index (χ4n) is 5.15. The molecule has 0 atom stereocenters. The van der Waals surface area contributed by atoms with E-state index in [0.29, 0.717) is 11.0 Å². The molecule has 0 amide bonds. The summed E-state index contributed by atoms with van der Waals surface area (Å²) >= 11 is 1.89. The number of aromatic nitrogens is 1. The summed E-state index contributed by atoms with van der Waals surface area (Å²) in [6, 6.07) is 11.0. The molecule has 37 heavy (non-hydrogen) atoms. The number of piperidine rings is 1. The number of carboxylic acid groups (broad SMARTS) is 1. The van der Waals surface area contributed by atoms with Crippen molar-refractivity contribution < 1.29 is 14.6 Å². The molecule has 0 unspecified atom stereocenters. The molecule has 0 radical (unpaired) electrons. The number of anilines is 1. The third kappa shape index (κ3) is 6.80. The van der Waals surface area contributed by atoms with Crippen molar-refractivity contribution in [1.29, 1.82) is 0 Å². The number of rotatable bonds is 6. The Morgan fingerprint density at radius 3 is 2.49 bits per heavy atom. The lowest BCUT2D eigenvalue weighted by atomic mass is 9.73. The van der Waals surface area contributed by atoms with Crippen LogP contribution in [0.1, 0.15) is 48.2 Å². The summed E-state index contributed by atoms with van der Waals surface area (Å²) in [5.41, 5.74) is 5.53. The SMILES string of the molecule is CC.CNc1cccc(C(=O)O)c1.COc1cc(C)c2[nH]ccc2c1CN1CCC2(CC1)CN(SC)C2. The highest BCUT2D eigenvalue weighted by molar-refractivity contribution is 7.96. The third-order valence-electron chi connectivity index (χ3n) is 7.31. The van der Waals surface area contributed by atoms with Crippen LogP contribution in [-0.2, 0) is 6.54 Å². The van der Waals surface area contributed by atoms with Gasteiger partial charge in [0.05, 0.1) is 12.7 Å². The van der Waals surface area contributed by atoms with Gasteiger partial charge in [0.25, 0.3) is 0 Å². The molecular weight excluding hydrogens is 484 g/mol. The minimum Gasteiger partial charge on any atom is -0.496 e. The van der Waals surface area contributed by atoms with Crippen molar-refractivity contribution in [3.63, 3.8) is 0 Å². The van der Waals surface area contributed by atoms with E-state index in [4.69, 9.17) is 9.84 Å². The van der Waals surface area contributed by atoms with Crippen LogP contribution < -0.4 is 10.1 Å². The summed E-state index contributed by atoms with van der Waals surface area (Å²) in [5, 5.41) is 12.7. The molecule has 7 nitrogen and oxygen atoms in total. The lowest BCUT2D eigenvalue weighted by Gasteiger charge is -2.53. The van der Waals surface area contributed by atoms with E-state index in [2.05, 4.69) is 44.8 Å². The lowest BCUT2D eigenvalue weighted by Crippen LogP contribution is -2.57. The molecule has 2 aliphatic rings. The first kappa shape index (κ1) is 28.9. The Hall–Kier alpha value is -2.68. The van der Waals surface area contributed by atoms with Crippen LogP contribution in [0.3, 0.4) is 0 Å². The molecule has 5 rings (SSSR count). The number of aryl methyl sites for hydroxylation is 1. The van der Waals surface area contributed by atoms with E-state index in [0.717, 1.165) is 18.0 Å². The molecule has 3 N–H and O–H groups in total. The predicted octanol–water partition coefficient (Wildman–Crippen LogP) is 6.11. The minimum absolute atomic E-state index is 0.303. The summed E-state index contributed by atoms with van der Waals surface area (Å²) < 4.78 is 8.19. The van der Waals surface area contributed by atoms with Gasteiger partial charge >= 0.3 is 5.97 Å². The average molecular weight is 527 g/mol. The van der Waals surface area contributed by atoms with E-state index in [1.165, 1.54) is 61.1 Å². The van der Waals surface area contributed by atoms with Crippen molar-refractivity contribution in [3.8, 4) is 5.75 Å². The number of aromatic amines is 1. The number of hydrogen-bond acceptors (Lipinski definition) is 6. The van der Waals surface area contributed by atoms with Crippen molar-refractivity contribution in [1.82, 2.24) is 14.2 Å². The van der Waals surface area contributed by atoms with Crippen molar-refractivity contribution in [2.75, 3.05) is 51.9 Å². The number of aromatic carboxylic acids is 1. The van der Waals surface area contributed by atoms with Gasteiger partial charge in [0.15, 0.2) is 0 Å². The number of fused-ring (bicyclic) bond motifs is 1. The fourth-order valence-corrected chi connectivity index (χ4v) is 5.95. The molecular formula is C29H42N4O3S. The van der Waals surface area contributed by atoms with E-state index in [1.54, 1.807) is 32.4 Å². The molecule has 2 fully saturated rings. The quantitative estimate of drug-likeness (QED) is 0.334. The number of methoxy groups -OCH3 is 1. The maximum absolute atomic E-state index is 10.4. The Labute approximate surface area is 225 Å². The molecule has 2 saturated heterocycles. The summed E-state index contributed by atoms with van der Waals surface area (Å²) in [6.45, 7) is 12.1. The molecule has 202 valence electrons. The van der Waals surface area contributed by atoms with Gasteiger partial charge in [-0.3, -0.25) is 4.90 Å². The van der Waals surface area contributed by atoms with Crippen LogP contribution >= 0.6 is 11.9 Å². The van der Waals surface area contributed by atoms with E-state index in [1.807, 2.05) is 38.1 Å². The summed E-state index contributed by atoms with van der Waals surface area (Å²) in [5.74, 6) is 0.124. The zero-order valence-electron chi connectivity index (χ0n) is 23.1. The number of carboxylic acids is 1. The predicted molar refractivity (Wildman–Crippen MR) is 156 cm³/mol. The monoisotopic (exact) mass is 526 g/mol. The summed E-state index contributed by atoms with van der Waals surface area (Å²) in [6.07, 6.45) is 6.88. The van der Waals surface area contributed by atoms with Gasteiger partial charge in [-0.15, -0.1) is 0 Å². The molecule has 8 heteroatoms. The maximum Gasteiger partial charge on any atom is 0.335 e. The van der Waals surface area contributed by atoms with Crippen LogP contribution in [0.2, 0.25) is 0 Å². The van der Waals surface area contributed by atoms with Crippen LogP contribution in [0.4, 0.5) is 5.69 Å². The molecule has 1 spiro atoms. The highest BCUT2D eigenvalue weighted by atomic mass is 32.2. The molecule has 1 aromatic heterocycles. The first-order valence-electron chi connectivity index (χ1n) is 13.0. The largest absolute Gasteiger partial charge is 0.496 e. The second kappa shape index (κ2) is 13.2. The van der Waals surface area contributed by atoms with Gasteiger partial charge in [0, 0.05) is 60.4 Å². The van der Waals surface area contributed by atoms with Crippen molar-refractivity contribution in [2.24, 2.45) is 5.41 Å². The van der Waals surface area contributed by atoms with E-state index >= 15 is 0 Å². The van der Waals surface area contributed by atoms with E-state index < -0.39 is 5.97 Å². The van der Waals surface area contributed by atoms with Crippen LogP contribution in [0.25, 0.3) is 10.9 Å². The van der Waals surface area contributed by atoms with Crippen LogP contribution in [0.5, 0.6) is 5.75 Å². The first-order chi connectivity index (χ1) is 17.9. The standard InChI is InChI=1S/C19H27N3OS.C8H9NO2.C2H6/c1-14-10-17(23-2)16(15-4-7-20-18(14)15)11-21-8-5-19(6-9-21)12-22(13-19)24-3;1-9-7-4-2-3-6(5-7)8(10)11;1-2/h4,7,10,20H,5-6,8-9,11-13H2,1-3H3;2-5,9H,1H3,(H,10,11);1-2H3. The number of ether oxygens (including phenoxy) is 1. The Kier molecular flexibility index (Phi) is 10.3. The van der Waals surface area contributed by atoms with E-state index in [9.17, 15) is 4.79 Å². The third-order valence-corrected chi connectivity index (χ3v) is 8.08. The smallest absolute Gasteiger partial charge is 0.335 e. The van der Waals surface area contributed by atoms with Crippen molar-refractivity contribution in [2.45, 2.75) is 40.2 Å². The van der Waals surface area contributed by atoms with Gasteiger partial charge in [-0.05, 0) is 75.0 Å². The molecule has 0 saturated carbocycles. The minimum atomic E-state index is -0.901.